The Labute approximate surface area is 148 Å². The van der Waals surface area contributed by atoms with Gasteiger partial charge in [0.2, 0.25) is 0 Å². The summed E-state index contributed by atoms with van der Waals surface area (Å²) in [5.74, 6) is 0.0337. The third-order valence-corrected chi connectivity index (χ3v) is 5.51. The van der Waals surface area contributed by atoms with Crippen LogP contribution in [0.15, 0.2) is 24.3 Å². The van der Waals surface area contributed by atoms with Gasteiger partial charge in [-0.1, -0.05) is 85.3 Å². The number of hydrogen-bond donors (Lipinski definition) is 1. The molecule has 1 atom stereocenters. The fourth-order valence-corrected chi connectivity index (χ4v) is 3.99. The first kappa shape index (κ1) is 21.2. The Morgan fingerprint density at radius 3 is 2.08 bits per heavy atom. The lowest BCUT2D eigenvalue weighted by atomic mass is 9.67. The molecule has 0 aliphatic carbocycles. The molecule has 1 unspecified atom stereocenters. The SMILES string of the molecule is CCCCCCCCC(c1cccc(F)c1)C(O)(C(C)C)C(C)C. The minimum Gasteiger partial charge on any atom is -0.389 e. The van der Waals surface area contributed by atoms with Gasteiger partial charge in [0.1, 0.15) is 5.82 Å². The van der Waals surface area contributed by atoms with Crippen molar-refractivity contribution in [3.05, 3.63) is 35.6 Å². The first-order valence-corrected chi connectivity index (χ1v) is 9.81. The predicted octanol–water partition coefficient (Wildman–Crippen LogP) is 6.70. The molecule has 1 rings (SSSR count). The number of aliphatic hydroxyl groups is 1. The summed E-state index contributed by atoms with van der Waals surface area (Å²) in [5, 5.41) is 11.5. The van der Waals surface area contributed by atoms with Crippen molar-refractivity contribution in [3.8, 4) is 0 Å². The third-order valence-electron chi connectivity index (χ3n) is 5.51. The van der Waals surface area contributed by atoms with E-state index in [4.69, 9.17) is 0 Å². The topological polar surface area (TPSA) is 20.2 Å². The molecular weight excluding hydrogens is 299 g/mol. The zero-order chi connectivity index (χ0) is 18.2. The zero-order valence-electron chi connectivity index (χ0n) is 16.3. The first-order valence-electron chi connectivity index (χ1n) is 9.81. The fraction of sp³-hybridized carbons (Fsp3) is 0.727. The molecule has 0 heterocycles. The lowest BCUT2D eigenvalue weighted by Gasteiger charge is -2.43. The van der Waals surface area contributed by atoms with Gasteiger partial charge in [-0.15, -0.1) is 0 Å². The van der Waals surface area contributed by atoms with Crippen LogP contribution in [0.25, 0.3) is 0 Å². The Morgan fingerprint density at radius 2 is 1.54 bits per heavy atom. The van der Waals surface area contributed by atoms with Crippen molar-refractivity contribution < 1.29 is 9.50 Å². The fourth-order valence-electron chi connectivity index (χ4n) is 3.99. The van der Waals surface area contributed by atoms with Gasteiger partial charge in [-0.25, -0.2) is 4.39 Å². The first-order chi connectivity index (χ1) is 11.3. The van der Waals surface area contributed by atoms with Crippen molar-refractivity contribution in [1.29, 1.82) is 0 Å². The third kappa shape index (κ3) is 5.58. The summed E-state index contributed by atoms with van der Waals surface area (Å²) in [6.07, 6.45) is 8.31. The van der Waals surface area contributed by atoms with Gasteiger partial charge in [0.25, 0.3) is 0 Å². The molecule has 0 saturated heterocycles. The van der Waals surface area contributed by atoms with Crippen molar-refractivity contribution in [2.75, 3.05) is 0 Å². The van der Waals surface area contributed by atoms with Crippen molar-refractivity contribution in [2.24, 2.45) is 11.8 Å². The number of hydrogen-bond acceptors (Lipinski definition) is 1. The second-order valence-electron chi connectivity index (χ2n) is 7.86. The quantitative estimate of drug-likeness (QED) is 0.446. The van der Waals surface area contributed by atoms with Crippen LogP contribution in [0.4, 0.5) is 4.39 Å². The van der Waals surface area contributed by atoms with Crippen LogP contribution >= 0.6 is 0 Å². The minimum atomic E-state index is -0.808. The highest BCUT2D eigenvalue weighted by Crippen LogP contribution is 2.43. The van der Waals surface area contributed by atoms with Gasteiger partial charge < -0.3 is 5.11 Å². The molecule has 0 saturated carbocycles. The lowest BCUT2D eigenvalue weighted by molar-refractivity contribution is -0.0731. The number of halogens is 1. The van der Waals surface area contributed by atoms with Crippen LogP contribution in [0.1, 0.15) is 91.0 Å². The van der Waals surface area contributed by atoms with Crippen molar-refractivity contribution in [1.82, 2.24) is 0 Å². The smallest absolute Gasteiger partial charge is 0.123 e. The molecule has 0 spiro atoms. The molecule has 0 aliphatic heterocycles. The lowest BCUT2D eigenvalue weighted by Crippen LogP contribution is -2.46. The Bertz CT molecular complexity index is 459. The average Bonchev–Trinajstić information content (AvgIpc) is 2.53. The maximum Gasteiger partial charge on any atom is 0.123 e. The highest BCUT2D eigenvalue weighted by atomic mass is 19.1. The van der Waals surface area contributed by atoms with Gasteiger partial charge in [-0.3, -0.25) is 0 Å². The highest BCUT2D eigenvalue weighted by Gasteiger charge is 2.42. The minimum absolute atomic E-state index is 0.0145. The van der Waals surface area contributed by atoms with E-state index in [1.165, 1.54) is 38.2 Å². The molecule has 1 aromatic carbocycles. The van der Waals surface area contributed by atoms with Gasteiger partial charge in [0.15, 0.2) is 0 Å². The maximum atomic E-state index is 13.8. The van der Waals surface area contributed by atoms with E-state index in [0.29, 0.717) is 0 Å². The average molecular weight is 337 g/mol. The molecule has 138 valence electrons. The van der Waals surface area contributed by atoms with Crippen LogP contribution in [-0.4, -0.2) is 10.7 Å². The van der Waals surface area contributed by atoms with Crippen molar-refractivity contribution in [3.63, 3.8) is 0 Å². The monoisotopic (exact) mass is 336 g/mol. The molecule has 1 nitrogen and oxygen atoms in total. The van der Waals surface area contributed by atoms with Gasteiger partial charge in [-0.05, 0) is 36.0 Å². The molecule has 0 aromatic heterocycles. The van der Waals surface area contributed by atoms with Crippen LogP contribution in [0.5, 0.6) is 0 Å². The highest BCUT2D eigenvalue weighted by molar-refractivity contribution is 5.25. The van der Waals surface area contributed by atoms with Gasteiger partial charge in [0.05, 0.1) is 5.60 Å². The van der Waals surface area contributed by atoms with Crippen LogP contribution in [0.2, 0.25) is 0 Å². The second kappa shape index (κ2) is 10.2. The Kier molecular flexibility index (Phi) is 8.97. The summed E-state index contributed by atoms with van der Waals surface area (Å²) in [7, 11) is 0. The molecule has 0 amide bonds. The maximum absolute atomic E-state index is 13.8. The summed E-state index contributed by atoms with van der Waals surface area (Å²) in [4.78, 5) is 0. The van der Waals surface area contributed by atoms with E-state index < -0.39 is 5.60 Å². The zero-order valence-corrected chi connectivity index (χ0v) is 16.3. The summed E-state index contributed by atoms with van der Waals surface area (Å²) in [6.45, 7) is 10.5. The summed E-state index contributed by atoms with van der Waals surface area (Å²) in [6, 6.07) is 6.83. The van der Waals surface area contributed by atoms with Crippen molar-refractivity contribution in [2.45, 2.75) is 91.1 Å². The van der Waals surface area contributed by atoms with E-state index in [2.05, 4.69) is 34.6 Å². The van der Waals surface area contributed by atoms with Gasteiger partial charge >= 0.3 is 0 Å². The second-order valence-corrected chi connectivity index (χ2v) is 7.86. The molecule has 0 fully saturated rings. The van der Waals surface area contributed by atoms with Gasteiger partial charge in [-0.2, -0.15) is 0 Å². The van der Waals surface area contributed by atoms with E-state index in [0.717, 1.165) is 18.4 Å². The number of benzene rings is 1. The van der Waals surface area contributed by atoms with Crippen LogP contribution in [0.3, 0.4) is 0 Å². The van der Waals surface area contributed by atoms with Gasteiger partial charge in [0, 0.05) is 5.92 Å². The van der Waals surface area contributed by atoms with E-state index >= 15 is 0 Å². The molecular formula is C22H37FO. The molecule has 2 heteroatoms. The van der Waals surface area contributed by atoms with E-state index in [-0.39, 0.29) is 23.6 Å². The molecule has 0 radical (unpaired) electrons. The number of unbranched alkanes of at least 4 members (excludes halogenated alkanes) is 5. The number of rotatable bonds is 11. The normalized spacial score (nSPS) is 13.7. The van der Waals surface area contributed by atoms with Crippen LogP contribution < -0.4 is 0 Å². The summed E-state index contributed by atoms with van der Waals surface area (Å²) >= 11 is 0. The van der Waals surface area contributed by atoms with E-state index in [1.54, 1.807) is 12.1 Å². The summed E-state index contributed by atoms with van der Waals surface area (Å²) < 4.78 is 13.8. The predicted molar refractivity (Wildman–Crippen MR) is 102 cm³/mol. The van der Waals surface area contributed by atoms with Crippen LogP contribution in [0, 0.1) is 17.7 Å². The summed E-state index contributed by atoms with van der Waals surface area (Å²) in [5.41, 5.74) is 0.130. The van der Waals surface area contributed by atoms with Crippen LogP contribution in [-0.2, 0) is 0 Å². The van der Waals surface area contributed by atoms with E-state index in [1.807, 2.05) is 6.07 Å². The molecule has 0 aliphatic rings. The molecule has 1 N–H and O–H groups in total. The molecule has 1 aromatic rings. The molecule has 24 heavy (non-hydrogen) atoms. The van der Waals surface area contributed by atoms with E-state index in [9.17, 15) is 9.50 Å². The van der Waals surface area contributed by atoms with Crippen molar-refractivity contribution >= 4 is 0 Å². The molecule has 0 bridgehead atoms. The Hall–Kier alpha value is -0.890. The Balaban J connectivity index is 2.91. The Morgan fingerprint density at radius 1 is 0.958 bits per heavy atom. The largest absolute Gasteiger partial charge is 0.389 e. The standard InChI is InChI=1S/C22H37FO/c1-6-7-8-9-10-11-15-21(19-13-12-14-20(23)16-19)22(24,17(2)3)18(4)5/h12-14,16-18,21,24H,6-11,15H2,1-5H3.